The van der Waals surface area contributed by atoms with Crippen molar-refractivity contribution in [2.75, 3.05) is 6.61 Å². The van der Waals surface area contributed by atoms with E-state index in [-0.39, 0.29) is 24.4 Å². The fourth-order valence-corrected chi connectivity index (χ4v) is 4.44. The van der Waals surface area contributed by atoms with E-state index in [0.29, 0.717) is 40.5 Å². The Morgan fingerprint density at radius 1 is 1.23 bits per heavy atom. The lowest BCUT2D eigenvalue weighted by Crippen LogP contribution is -2.20. The SMILES string of the molecule is CCCC(CO)/C(=N\O)c1cccc(OC(CC)Sc2ccc(CC(=O)O)cc2Cl)c1. The molecule has 2 atom stereocenters. The number of nitrogens with zero attached hydrogens (tertiary/aromatic N) is 1. The third-order valence-electron chi connectivity index (χ3n) is 4.69. The number of aliphatic carboxylic acids is 1. The third kappa shape index (κ3) is 7.45. The summed E-state index contributed by atoms with van der Waals surface area (Å²) in [5.74, 6) is -0.534. The number of oxime groups is 1. The Bertz CT molecular complexity index is 905. The van der Waals surface area contributed by atoms with Crippen LogP contribution in [0.4, 0.5) is 0 Å². The van der Waals surface area contributed by atoms with Crippen LogP contribution in [-0.2, 0) is 11.2 Å². The number of benzene rings is 2. The van der Waals surface area contributed by atoms with Crippen molar-refractivity contribution >= 4 is 35.0 Å². The van der Waals surface area contributed by atoms with Gasteiger partial charge in [0.1, 0.15) is 11.2 Å². The van der Waals surface area contributed by atoms with Crippen LogP contribution in [0.15, 0.2) is 52.5 Å². The van der Waals surface area contributed by atoms with Crippen molar-refractivity contribution in [3.05, 3.63) is 58.6 Å². The Labute approximate surface area is 191 Å². The molecule has 0 saturated carbocycles. The van der Waals surface area contributed by atoms with Gasteiger partial charge in [0.15, 0.2) is 0 Å². The molecular formula is C23H28ClNO5S. The van der Waals surface area contributed by atoms with E-state index in [9.17, 15) is 15.1 Å². The molecule has 2 aromatic rings. The van der Waals surface area contributed by atoms with E-state index in [1.807, 2.05) is 32.0 Å². The molecule has 0 radical (unpaired) electrons. The van der Waals surface area contributed by atoms with Gasteiger partial charge in [0.2, 0.25) is 0 Å². The number of carboxylic acid groups (broad SMARTS) is 1. The number of carbonyl (C=O) groups is 1. The molecule has 2 rings (SSSR count). The molecule has 0 bridgehead atoms. The first-order valence-electron chi connectivity index (χ1n) is 10.2. The lowest BCUT2D eigenvalue weighted by molar-refractivity contribution is -0.136. The van der Waals surface area contributed by atoms with Gasteiger partial charge in [-0.05, 0) is 42.7 Å². The molecule has 0 aromatic heterocycles. The summed E-state index contributed by atoms with van der Waals surface area (Å²) >= 11 is 7.80. The zero-order chi connectivity index (χ0) is 22.8. The first-order valence-corrected chi connectivity index (χ1v) is 11.4. The van der Waals surface area contributed by atoms with Crippen molar-refractivity contribution in [1.82, 2.24) is 0 Å². The Balaban J connectivity index is 2.15. The fraction of sp³-hybridized carbons (Fsp3) is 0.391. The Kier molecular flexibility index (Phi) is 10.2. The second-order valence-electron chi connectivity index (χ2n) is 7.09. The molecule has 0 spiro atoms. The van der Waals surface area contributed by atoms with Crippen molar-refractivity contribution in [3.63, 3.8) is 0 Å². The van der Waals surface area contributed by atoms with Crippen LogP contribution in [0.3, 0.4) is 0 Å². The van der Waals surface area contributed by atoms with E-state index >= 15 is 0 Å². The maximum Gasteiger partial charge on any atom is 0.307 e. The summed E-state index contributed by atoms with van der Waals surface area (Å²) in [6.45, 7) is 3.92. The van der Waals surface area contributed by atoms with Crippen LogP contribution in [0.2, 0.25) is 5.02 Å². The summed E-state index contributed by atoms with van der Waals surface area (Å²) in [7, 11) is 0. The highest BCUT2D eigenvalue weighted by molar-refractivity contribution is 7.99. The van der Waals surface area contributed by atoms with Gasteiger partial charge < -0.3 is 20.2 Å². The summed E-state index contributed by atoms with van der Waals surface area (Å²) in [5, 5.41) is 32.0. The topological polar surface area (TPSA) is 99.4 Å². The van der Waals surface area contributed by atoms with Crippen molar-refractivity contribution in [1.29, 1.82) is 0 Å². The van der Waals surface area contributed by atoms with Crippen LogP contribution in [0.5, 0.6) is 5.75 Å². The van der Waals surface area contributed by atoms with E-state index in [2.05, 4.69) is 5.16 Å². The molecule has 6 nitrogen and oxygen atoms in total. The smallest absolute Gasteiger partial charge is 0.307 e. The number of carboxylic acids is 1. The number of rotatable bonds is 12. The minimum Gasteiger partial charge on any atom is -0.481 e. The number of aliphatic hydroxyl groups excluding tert-OH is 1. The van der Waals surface area contributed by atoms with Crippen LogP contribution in [-0.4, -0.2) is 39.1 Å². The van der Waals surface area contributed by atoms with Crippen LogP contribution >= 0.6 is 23.4 Å². The molecular weight excluding hydrogens is 438 g/mol. The lowest BCUT2D eigenvalue weighted by Gasteiger charge is -2.20. The van der Waals surface area contributed by atoms with E-state index in [1.54, 1.807) is 24.3 Å². The van der Waals surface area contributed by atoms with Crippen molar-refractivity contribution in [2.45, 2.75) is 49.9 Å². The Morgan fingerprint density at radius 3 is 2.58 bits per heavy atom. The zero-order valence-corrected chi connectivity index (χ0v) is 19.2. The molecule has 8 heteroatoms. The van der Waals surface area contributed by atoms with Crippen LogP contribution in [0, 0.1) is 5.92 Å². The zero-order valence-electron chi connectivity index (χ0n) is 17.6. The van der Waals surface area contributed by atoms with Crippen molar-refractivity contribution < 1.29 is 25.0 Å². The quantitative estimate of drug-likeness (QED) is 0.126. The second-order valence-corrected chi connectivity index (χ2v) is 8.70. The summed E-state index contributed by atoms with van der Waals surface area (Å²) in [4.78, 5) is 11.7. The molecule has 0 aliphatic rings. The second kappa shape index (κ2) is 12.6. The number of halogens is 1. The van der Waals surface area contributed by atoms with Crippen molar-refractivity contribution in [3.8, 4) is 5.75 Å². The average Bonchev–Trinajstić information content (AvgIpc) is 2.74. The molecule has 0 heterocycles. The molecule has 0 fully saturated rings. The maximum absolute atomic E-state index is 10.9. The molecule has 31 heavy (non-hydrogen) atoms. The van der Waals surface area contributed by atoms with Gasteiger partial charge in [-0.3, -0.25) is 4.79 Å². The number of hydrogen-bond acceptors (Lipinski definition) is 6. The highest BCUT2D eigenvalue weighted by atomic mass is 35.5. The summed E-state index contributed by atoms with van der Waals surface area (Å²) in [6.07, 6.45) is 2.21. The minimum absolute atomic E-state index is 0.0766. The largest absolute Gasteiger partial charge is 0.481 e. The molecule has 2 aromatic carbocycles. The van der Waals surface area contributed by atoms with Gasteiger partial charge >= 0.3 is 5.97 Å². The van der Waals surface area contributed by atoms with E-state index in [4.69, 9.17) is 21.4 Å². The number of ether oxygens (including phenoxy) is 1. The molecule has 2 unspecified atom stereocenters. The molecule has 0 saturated heterocycles. The van der Waals surface area contributed by atoms with E-state index < -0.39 is 5.97 Å². The normalized spacial score (nSPS) is 13.6. The summed E-state index contributed by atoms with van der Waals surface area (Å²) in [5.41, 5.74) is 1.55. The van der Waals surface area contributed by atoms with Crippen LogP contribution in [0.1, 0.15) is 44.2 Å². The van der Waals surface area contributed by atoms with Crippen LogP contribution in [0.25, 0.3) is 0 Å². The Hall–Kier alpha value is -2.22. The van der Waals surface area contributed by atoms with Gasteiger partial charge in [-0.1, -0.05) is 67.0 Å². The van der Waals surface area contributed by atoms with Gasteiger partial charge in [0.25, 0.3) is 0 Å². The van der Waals surface area contributed by atoms with E-state index in [0.717, 1.165) is 11.3 Å². The number of thioether (sulfide) groups is 1. The molecule has 0 aliphatic carbocycles. The summed E-state index contributed by atoms with van der Waals surface area (Å²) in [6, 6.07) is 12.5. The minimum atomic E-state index is -0.903. The van der Waals surface area contributed by atoms with Gasteiger partial charge in [-0.2, -0.15) is 0 Å². The van der Waals surface area contributed by atoms with E-state index in [1.165, 1.54) is 11.8 Å². The van der Waals surface area contributed by atoms with Gasteiger partial charge in [-0.15, -0.1) is 0 Å². The first-order chi connectivity index (χ1) is 14.9. The monoisotopic (exact) mass is 465 g/mol. The maximum atomic E-state index is 10.9. The fourth-order valence-electron chi connectivity index (χ4n) is 3.18. The number of aliphatic hydroxyl groups is 1. The third-order valence-corrected chi connectivity index (χ3v) is 6.42. The predicted octanol–water partition coefficient (Wildman–Crippen LogP) is 5.46. The molecule has 168 valence electrons. The van der Waals surface area contributed by atoms with Crippen LogP contribution < -0.4 is 4.74 Å². The molecule has 0 amide bonds. The molecule has 0 aliphatic heterocycles. The first kappa shape index (κ1) is 25.0. The van der Waals surface area contributed by atoms with Crippen molar-refractivity contribution in [2.24, 2.45) is 11.1 Å². The van der Waals surface area contributed by atoms with Gasteiger partial charge in [0, 0.05) is 16.4 Å². The van der Waals surface area contributed by atoms with Gasteiger partial charge in [-0.25, -0.2) is 0 Å². The average molecular weight is 466 g/mol. The molecule has 3 N–H and O–H groups in total. The highest BCUT2D eigenvalue weighted by Gasteiger charge is 2.19. The van der Waals surface area contributed by atoms with Gasteiger partial charge in [0.05, 0.1) is 23.8 Å². The standard InChI is InChI=1S/C23H28ClNO5S/c1-3-6-17(14-26)23(25-29)16-7-5-8-18(13-16)30-22(4-2)31-20-10-9-15(11-19(20)24)12-21(27)28/h5,7-11,13,17,22,26,29H,3-4,6,12,14H2,1-2H3,(H,27,28)/b25-23-. The summed E-state index contributed by atoms with van der Waals surface area (Å²) < 4.78 is 6.14. The predicted molar refractivity (Wildman–Crippen MR) is 124 cm³/mol. The Morgan fingerprint density at radius 2 is 2.00 bits per heavy atom. The highest BCUT2D eigenvalue weighted by Crippen LogP contribution is 2.34. The number of hydrogen-bond donors (Lipinski definition) is 3. The lowest BCUT2D eigenvalue weighted by atomic mass is 9.93.